The number of rotatable bonds is 17. The number of carbonyl (C=O) groups excluding carboxylic acids is 1. The Bertz CT molecular complexity index is 267. The highest BCUT2D eigenvalue weighted by atomic mass is 16.1. The zero-order valence-corrected chi connectivity index (χ0v) is 16.7. The van der Waals surface area contributed by atoms with Crippen LogP contribution < -0.4 is 0 Å². The van der Waals surface area contributed by atoms with Gasteiger partial charge in [-0.15, -0.1) is 0 Å². The zero-order valence-electron chi connectivity index (χ0n) is 16.7. The summed E-state index contributed by atoms with van der Waals surface area (Å²) < 4.78 is 0. The molecule has 1 heteroatoms. The molecule has 0 aliphatic carbocycles. The van der Waals surface area contributed by atoms with Crippen molar-refractivity contribution < 1.29 is 4.79 Å². The number of ketones is 1. The Hall–Kier alpha value is -0.330. The van der Waals surface area contributed by atoms with Gasteiger partial charge in [-0.3, -0.25) is 4.79 Å². The maximum Gasteiger partial charge on any atom is 0.138 e. The van der Waals surface area contributed by atoms with E-state index in [0.717, 1.165) is 25.7 Å². The molecule has 0 N–H and O–H groups in total. The van der Waals surface area contributed by atoms with Crippen molar-refractivity contribution in [1.29, 1.82) is 0 Å². The standard InChI is InChI=1S/C22H44O/c1-5-7-8-9-10-11-12-13-14-15-16-17-18-19-21(23)22(3,4)20-6-2/h5-20H2,1-4H3. The maximum absolute atomic E-state index is 12.2. The largest absolute Gasteiger partial charge is 0.299 e. The Balaban J connectivity index is 3.29. The lowest BCUT2D eigenvalue weighted by Crippen LogP contribution is -2.23. The van der Waals surface area contributed by atoms with Crippen molar-refractivity contribution in [3.8, 4) is 0 Å². The summed E-state index contributed by atoms with van der Waals surface area (Å²) in [5.74, 6) is 0.474. The van der Waals surface area contributed by atoms with Gasteiger partial charge in [0, 0.05) is 11.8 Å². The van der Waals surface area contributed by atoms with Gasteiger partial charge >= 0.3 is 0 Å². The minimum absolute atomic E-state index is 0.0914. The molecule has 0 spiro atoms. The van der Waals surface area contributed by atoms with Gasteiger partial charge in [0.1, 0.15) is 5.78 Å². The van der Waals surface area contributed by atoms with E-state index in [-0.39, 0.29) is 5.41 Å². The molecule has 0 saturated heterocycles. The normalized spacial score (nSPS) is 11.8. The molecule has 0 aromatic carbocycles. The van der Waals surface area contributed by atoms with Gasteiger partial charge in [-0.05, 0) is 12.8 Å². The molecule has 0 amide bonds. The lowest BCUT2D eigenvalue weighted by Gasteiger charge is -2.22. The van der Waals surface area contributed by atoms with Crippen molar-refractivity contribution in [2.24, 2.45) is 5.41 Å². The second kappa shape index (κ2) is 15.2. The van der Waals surface area contributed by atoms with Gasteiger partial charge in [-0.1, -0.05) is 111 Å². The van der Waals surface area contributed by atoms with Crippen LogP contribution >= 0.6 is 0 Å². The first-order valence-electron chi connectivity index (χ1n) is 10.6. The van der Waals surface area contributed by atoms with Crippen LogP contribution in [0, 0.1) is 5.41 Å². The van der Waals surface area contributed by atoms with Crippen LogP contribution in [0.2, 0.25) is 0 Å². The van der Waals surface area contributed by atoms with Crippen molar-refractivity contribution >= 4 is 5.78 Å². The number of carbonyl (C=O) groups is 1. The van der Waals surface area contributed by atoms with E-state index in [9.17, 15) is 4.79 Å². The minimum atomic E-state index is -0.0914. The molecule has 0 heterocycles. The molecule has 0 saturated carbocycles. The molecule has 0 aliphatic heterocycles. The highest BCUT2D eigenvalue weighted by Crippen LogP contribution is 2.26. The second-order valence-electron chi connectivity index (χ2n) is 8.05. The summed E-state index contributed by atoms with van der Waals surface area (Å²) in [5, 5.41) is 0. The van der Waals surface area contributed by atoms with E-state index in [0.29, 0.717) is 5.78 Å². The van der Waals surface area contributed by atoms with Crippen molar-refractivity contribution in [3.05, 3.63) is 0 Å². The first-order valence-corrected chi connectivity index (χ1v) is 10.6. The van der Waals surface area contributed by atoms with E-state index >= 15 is 0 Å². The van der Waals surface area contributed by atoms with E-state index in [2.05, 4.69) is 27.7 Å². The summed E-state index contributed by atoms with van der Waals surface area (Å²) in [5.41, 5.74) is -0.0914. The van der Waals surface area contributed by atoms with E-state index in [1.54, 1.807) is 0 Å². The topological polar surface area (TPSA) is 17.1 Å². The lowest BCUT2D eigenvalue weighted by atomic mass is 9.81. The third-order valence-corrected chi connectivity index (χ3v) is 5.14. The van der Waals surface area contributed by atoms with Crippen molar-refractivity contribution in [3.63, 3.8) is 0 Å². The fourth-order valence-electron chi connectivity index (χ4n) is 3.41. The summed E-state index contributed by atoms with van der Waals surface area (Å²) in [6.07, 6.45) is 20.7. The molecule has 23 heavy (non-hydrogen) atoms. The third-order valence-electron chi connectivity index (χ3n) is 5.14. The Morgan fingerprint density at radius 3 is 1.39 bits per heavy atom. The Morgan fingerprint density at radius 1 is 0.609 bits per heavy atom. The third kappa shape index (κ3) is 13.8. The minimum Gasteiger partial charge on any atom is -0.299 e. The molecular formula is C22H44O. The van der Waals surface area contributed by atoms with E-state index < -0.39 is 0 Å². The van der Waals surface area contributed by atoms with E-state index in [1.165, 1.54) is 77.0 Å². The lowest BCUT2D eigenvalue weighted by molar-refractivity contribution is -0.127. The second-order valence-corrected chi connectivity index (χ2v) is 8.05. The van der Waals surface area contributed by atoms with Crippen LogP contribution in [-0.2, 0) is 4.79 Å². The molecule has 0 bridgehead atoms. The highest BCUT2D eigenvalue weighted by Gasteiger charge is 2.25. The van der Waals surface area contributed by atoms with Gasteiger partial charge in [0.15, 0.2) is 0 Å². The number of unbranched alkanes of at least 4 members (excludes halogenated alkanes) is 12. The molecule has 138 valence electrons. The first-order chi connectivity index (χ1) is 11.0. The van der Waals surface area contributed by atoms with Crippen molar-refractivity contribution in [1.82, 2.24) is 0 Å². The predicted octanol–water partition coefficient (Wildman–Crippen LogP) is 7.86. The highest BCUT2D eigenvalue weighted by molar-refractivity contribution is 5.83. The Labute approximate surface area is 147 Å². The Morgan fingerprint density at radius 2 is 1.00 bits per heavy atom. The van der Waals surface area contributed by atoms with Crippen LogP contribution in [0.5, 0.6) is 0 Å². The maximum atomic E-state index is 12.2. The molecule has 1 nitrogen and oxygen atoms in total. The molecular weight excluding hydrogens is 280 g/mol. The number of Topliss-reactive ketones (excluding diaryl/α,β-unsaturated/α-hetero) is 1. The molecule has 0 atom stereocenters. The number of hydrogen-bond acceptors (Lipinski definition) is 1. The summed E-state index contributed by atoms with van der Waals surface area (Å²) in [6.45, 7) is 8.67. The first kappa shape index (κ1) is 22.7. The van der Waals surface area contributed by atoms with Gasteiger partial charge in [-0.25, -0.2) is 0 Å². The van der Waals surface area contributed by atoms with Crippen molar-refractivity contribution in [2.45, 2.75) is 130 Å². The number of hydrogen-bond donors (Lipinski definition) is 0. The molecule has 0 aromatic heterocycles. The molecule has 0 radical (unpaired) electrons. The van der Waals surface area contributed by atoms with Gasteiger partial charge in [0.25, 0.3) is 0 Å². The molecule has 0 rings (SSSR count). The smallest absolute Gasteiger partial charge is 0.138 e. The predicted molar refractivity (Wildman–Crippen MR) is 104 cm³/mol. The summed E-state index contributed by atoms with van der Waals surface area (Å²) >= 11 is 0. The van der Waals surface area contributed by atoms with Gasteiger partial charge in [-0.2, -0.15) is 0 Å². The average molecular weight is 325 g/mol. The summed E-state index contributed by atoms with van der Waals surface area (Å²) in [6, 6.07) is 0. The monoisotopic (exact) mass is 324 g/mol. The molecule has 0 fully saturated rings. The van der Waals surface area contributed by atoms with Gasteiger partial charge < -0.3 is 0 Å². The zero-order chi connectivity index (χ0) is 17.4. The fraction of sp³-hybridized carbons (Fsp3) is 0.955. The van der Waals surface area contributed by atoms with E-state index in [1.807, 2.05) is 0 Å². The quantitative estimate of drug-likeness (QED) is 0.249. The van der Waals surface area contributed by atoms with Crippen LogP contribution in [0.3, 0.4) is 0 Å². The fourth-order valence-corrected chi connectivity index (χ4v) is 3.41. The van der Waals surface area contributed by atoms with Crippen LogP contribution in [0.1, 0.15) is 130 Å². The Kier molecular flexibility index (Phi) is 15.0. The van der Waals surface area contributed by atoms with Crippen LogP contribution in [-0.4, -0.2) is 5.78 Å². The SMILES string of the molecule is CCCCCCCCCCCCCCCC(=O)C(C)(C)CCC. The molecule has 0 aliphatic rings. The van der Waals surface area contributed by atoms with Gasteiger partial charge in [0.2, 0.25) is 0 Å². The van der Waals surface area contributed by atoms with Gasteiger partial charge in [0.05, 0.1) is 0 Å². The van der Waals surface area contributed by atoms with Crippen molar-refractivity contribution in [2.75, 3.05) is 0 Å². The average Bonchev–Trinajstić information content (AvgIpc) is 2.51. The molecule has 0 unspecified atom stereocenters. The van der Waals surface area contributed by atoms with E-state index in [4.69, 9.17) is 0 Å². The van der Waals surface area contributed by atoms with Crippen LogP contribution in [0.4, 0.5) is 0 Å². The van der Waals surface area contributed by atoms with Crippen LogP contribution in [0.25, 0.3) is 0 Å². The molecule has 0 aromatic rings. The van der Waals surface area contributed by atoms with Crippen LogP contribution in [0.15, 0.2) is 0 Å². The summed E-state index contributed by atoms with van der Waals surface area (Å²) in [7, 11) is 0. The summed E-state index contributed by atoms with van der Waals surface area (Å²) in [4.78, 5) is 12.2.